The van der Waals surface area contributed by atoms with E-state index >= 15 is 0 Å². The van der Waals surface area contributed by atoms with Gasteiger partial charge in [0, 0.05) is 13.5 Å². The number of rotatable bonds is 5. The lowest BCUT2D eigenvalue weighted by molar-refractivity contribution is -0.138. The van der Waals surface area contributed by atoms with Crippen LogP contribution < -0.4 is 0 Å². The second-order valence-corrected chi connectivity index (χ2v) is 2.27. The van der Waals surface area contributed by atoms with Crippen LogP contribution in [0.2, 0.25) is 0 Å². The number of carbonyl (C=O) groups is 2. The molecule has 0 aliphatic heterocycles. The van der Waals surface area contributed by atoms with Gasteiger partial charge in [-0.2, -0.15) is 0 Å². The Bertz CT molecular complexity index is 153. The highest BCUT2D eigenvalue weighted by Gasteiger charge is 2.13. The molecule has 0 bridgehead atoms. The summed E-state index contributed by atoms with van der Waals surface area (Å²) in [5.74, 6) is -1.04. The third-order valence-electron chi connectivity index (χ3n) is 1.36. The Labute approximate surface area is 65.2 Å². The summed E-state index contributed by atoms with van der Waals surface area (Å²) in [6.07, 6.45) is -0.342. The average molecular weight is 160 g/mol. The summed E-state index contributed by atoms with van der Waals surface area (Å²) in [6.45, 7) is 1.38. The molecule has 4 nitrogen and oxygen atoms in total. The van der Waals surface area contributed by atoms with Gasteiger partial charge in [0.2, 0.25) is 0 Å². The molecule has 0 aliphatic rings. The number of carboxylic acids is 1. The normalized spacial score (nSPS) is 12.5. The largest absolute Gasteiger partial charge is 0.481 e. The molecule has 0 spiro atoms. The summed E-state index contributed by atoms with van der Waals surface area (Å²) in [7, 11) is 1.40. The van der Waals surface area contributed by atoms with E-state index in [4.69, 9.17) is 9.84 Å². The number of methoxy groups -OCH3 is 1. The first kappa shape index (κ1) is 10.1. The van der Waals surface area contributed by atoms with E-state index in [0.29, 0.717) is 0 Å². The van der Waals surface area contributed by atoms with Crippen molar-refractivity contribution in [3.63, 3.8) is 0 Å². The van der Waals surface area contributed by atoms with Crippen LogP contribution in [0, 0.1) is 0 Å². The fraction of sp³-hybridized carbons (Fsp3) is 0.714. The van der Waals surface area contributed by atoms with Gasteiger partial charge >= 0.3 is 5.97 Å². The number of ether oxygens (including phenoxy) is 1. The molecule has 1 atom stereocenters. The number of carbonyl (C=O) groups excluding carboxylic acids is 1. The Morgan fingerprint density at radius 1 is 1.55 bits per heavy atom. The highest BCUT2D eigenvalue weighted by atomic mass is 16.5. The van der Waals surface area contributed by atoms with Crippen LogP contribution in [0.4, 0.5) is 0 Å². The zero-order chi connectivity index (χ0) is 8.85. The van der Waals surface area contributed by atoms with Crippen LogP contribution in [0.25, 0.3) is 0 Å². The minimum Gasteiger partial charge on any atom is -0.481 e. The molecular formula is C7H12O4. The summed E-state index contributed by atoms with van der Waals surface area (Å²) in [4.78, 5) is 20.7. The molecule has 0 amide bonds. The first-order valence-corrected chi connectivity index (χ1v) is 3.33. The maximum atomic E-state index is 10.7. The molecule has 0 heterocycles. The molecule has 0 aromatic carbocycles. The van der Waals surface area contributed by atoms with Crippen LogP contribution >= 0.6 is 0 Å². The minimum atomic E-state index is -0.909. The van der Waals surface area contributed by atoms with E-state index in [1.807, 2.05) is 0 Å². The molecular weight excluding hydrogens is 148 g/mol. The maximum absolute atomic E-state index is 10.7. The second-order valence-electron chi connectivity index (χ2n) is 2.27. The van der Waals surface area contributed by atoms with E-state index in [0.717, 1.165) is 0 Å². The predicted octanol–water partition coefficient (Wildman–Crippen LogP) is 0.455. The van der Waals surface area contributed by atoms with Gasteiger partial charge in [0.15, 0.2) is 5.78 Å². The van der Waals surface area contributed by atoms with Crippen LogP contribution in [0.5, 0.6) is 0 Å². The van der Waals surface area contributed by atoms with Crippen LogP contribution in [-0.4, -0.2) is 30.1 Å². The molecule has 0 saturated carbocycles. The molecule has 0 fully saturated rings. The van der Waals surface area contributed by atoms with Crippen LogP contribution in [0.15, 0.2) is 0 Å². The molecule has 0 aromatic rings. The third kappa shape index (κ3) is 4.50. The Morgan fingerprint density at radius 2 is 2.09 bits per heavy atom. The van der Waals surface area contributed by atoms with Gasteiger partial charge in [0.05, 0.1) is 0 Å². The van der Waals surface area contributed by atoms with Crippen molar-refractivity contribution in [2.45, 2.75) is 25.9 Å². The Balaban J connectivity index is 3.70. The molecule has 1 unspecified atom stereocenters. The number of hydrogen-bond acceptors (Lipinski definition) is 3. The van der Waals surface area contributed by atoms with Gasteiger partial charge in [-0.25, -0.2) is 0 Å². The Hall–Kier alpha value is -0.900. The maximum Gasteiger partial charge on any atom is 0.303 e. The smallest absolute Gasteiger partial charge is 0.303 e. The Morgan fingerprint density at radius 3 is 2.36 bits per heavy atom. The van der Waals surface area contributed by atoms with Gasteiger partial charge in [-0.05, 0) is 13.3 Å². The van der Waals surface area contributed by atoms with Crippen molar-refractivity contribution in [3.05, 3.63) is 0 Å². The number of aliphatic carboxylic acids is 1. The number of ketones is 1. The first-order valence-electron chi connectivity index (χ1n) is 3.33. The van der Waals surface area contributed by atoms with Gasteiger partial charge < -0.3 is 9.84 Å². The van der Waals surface area contributed by atoms with E-state index in [1.54, 1.807) is 0 Å². The van der Waals surface area contributed by atoms with Gasteiger partial charge in [-0.15, -0.1) is 0 Å². The quantitative estimate of drug-likeness (QED) is 0.634. The van der Waals surface area contributed by atoms with Crippen molar-refractivity contribution >= 4 is 11.8 Å². The monoisotopic (exact) mass is 160 g/mol. The topological polar surface area (TPSA) is 63.6 Å². The minimum absolute atomic E-state index is 0.0297. The van der Waals surface area contributed by atoms with Crippen molar-refractivity contribution in [2.24, 2.45) is 0 Å². The fourth-order valence-corrected chi connectivity index (χ4v) is 0.742. The number of hydrogen-bond donors (Lipinski definition) is 1. The van der Waals surface area contributed by atoms with Crippen molar-refractivity contribution < 1.29 is 19.4 Å². The summed E-state index contributed by atoms with van der Waals surface area (Å²) in [5, 5.41) is 8.27. The standard InChI is InChI=1S/C7H12O4/c1-5(8)6(11-2)3-4-7(9)10/h6H,3-4H2,1-2H3,(H,9,10). The molecule has 11 heavy (non-hydrogen) atoms. The van der Waals surface area contributed by atoms with Gasteiger partial charge in [0.25, 0.3) is 0 Å². The van der Waals surface area contributed by atoms with Gasteiger partial charge in [-0.1, -0.05) is 0 Å². The molecule has 0 rings (SSSR count). The molecule has 0 aromatic heterocycles. The molecule has 0 saturated heterocycles. The zero-order valence-corrected chi connectivity index (χ0v) is 6.66. The number of carboxylic acid groups (broad SMARTS) is 1. The summed E-state index contributed by atoms with van der Waals surface area (Å²) >= 11 is 0. The van der Waals surface area contributed by atoms with Crippen molar-refractivity contribution in [1.82, 2.24) is 0 Å². The molecule has 0 radical (unpaired) electrons. The molecule has 64 valence electrons. The van der Waals surface area contributed by atoms with E-state index < -0.39 is 12.1 Å². The summed E-state index contributed by atoms with van der Waals surface area (Å²) in [5.41, 5.74) is 0. The van der Waals surface area contributed by atoms with E-state index in [9.17, 15) is 9.59 Å². The van der Waals surface area contributed by atoms with Crippen molar-refractivity contribution in [2.75, 3.05) is 7.11 Å². The number of Topliss-reactive ketones (excluding diaryl/α,β-unsaturated/α-hetero) is 1. The molecule has 4 heteroatoms. The third-order valence-corrected chi connectivity index (χ3v) is 1.36. The van der Waals surface area contributed by atoms with Crippen LogP contribution in [0.1, 0.15) is 19.8 Å². The van der Waals surface area contributed by atoms with Crippen molar-refractivity contribution in [3.8, 4) is 0 Å². The summed E-state index contributed by atoms with van der Waals surface area (Å²) < 4.78 is 4.75. The van der Waals surface area contributed by atoms with Gasteiger partial charge in [-0.3, -0.25) is 9.59 Å². The lowest BCUT2D eigenvalue weighted by atomic mass is 10.1. The zero-order valence-electron chi connectivity index (χ0n) is 6.66. The van der Waals surface area contributed by atoms with E-state index in [-0.39, 0.29) is 18.6 Å². The van der Waals surface area contributed by atoms with Crippen LogP contribution in [-0.2, 0) is 14.3 Å². The molecule has 0 aliphatic carbocycles. The second kappa shape index (κ2) is 4.85. The van der Waals surface area contributed by atoms with Crippen LogP contribution in [0.3, 0.4) is 0 Å². The molecule has 1 N–H and O–H groups in total. The lowest BCUT2D eigenvalue weighted by Crippen LogP contribution is -2.20. The average Bonchev–Trinajstić information content (AvgIpc) is 1.87. The fourth-order valence-electron chi connectivity index (χ4n) is 0.742. The highest BCUT2D eigenvalue weighted by molar-refractivity contribution is 5.81. The Kier molecular flexibility index (Phi) is 4.45. The van der Waals surface area contributed by atoms with E-state index in [2.05, 4.69) is 0 Å². The van der Waals surface area contributed by atoms with E-state index in [1.165, 1.54) is 14.0 Å². The van der Waals surface area contributed by atoms with Gasteiger partial charge in [0.1, 0.15) is 6.10 Å². The first-order chi connectivity index (χ1) is 5.07. The SMILES string of the molecule is COC(CCC(=O)O)C(C)=O. The highest BCUT2D eigenvalue weighted by Crippen LogP contribution is 2.01. The summed E-state index contributed by atoms with van der Waals surface area (Å²) in [6, 6.07) is 0. The van der Waals surface area contributed by atoms with Crippen molar-refractivity contribution in [1.29, 1.82) is 0 Å². The predicted molar refractivity (Wildman–Crippen MR) is 38.3 cm³/mol. The lowest BCUT2D eigenvalue weighted by Gasteiger charge is -2.08.